The number of carbonyl (C=O) groups is 3. The highest BCUT2D eigenvalue weighted by Crippen LogP contribution is 1.85. The van der Waals surface area contributed by atoms with Crippen LogP contribution in [0, 0.1) is 0 Å². The van der Waals surface area contributed by atoms with Crippen molar-refractivity contribution in [3.63, 3.8) is 0 Å². The van der Waals surface area contributed by atoms with E-state index < -0.39 is 37.9 Å². The Morgan fingerprint density at radius 1 is 1.13 bits per heavy atom. The van der Waals surface area contributed by atoms with Crippen LogP contribution in [-0.4, -0.2) is 43.0 Å². The lowest BCUT2D eigenvalue weighted by atomic mass is 10.7. The molecular formula is C8H10O7. The number of esters is 3. The molecule has 0 aromatic rings. The minimum absolute atomic E-state index is 0.583. The Kier molecular flexibility index (Phi) is 6.56. The SMILES string of the molecule is C=CC(=O)OCOC(=O)COC(=O)CO. The lowest BCUT2D eigenvalue weighted by Crippen LogP contribution is -2.20. The van der Waals surface area contributed by atoms with Crippen LogP contribution in [0.5, 0.6) is 0 Å². The van der Waals surface area contributed by atoms with Crippen LogP contribution in [0.4, 0.5) is 0 Å². The smallest absolute Gasteiger partial charge is 0.347 e. The number of ether oxygens (including phenoxy) is 3. The van der Waals surface area contributed by atoms with Gasteiger partial charge in [-0.3, -0.25) is 0 Å². The lowest BCUT2D eigenvalue weighted by Gasteiger charge is -2.04. The van der Waals surface area contributed by atoms with Crippen LogP contribution >= 0.6 is 0 Å². The monoisotopic (exact) mass is 218 g/mol. The summed E-state index contributed by atoms with van der Waals surface area (Å²) in [6.07, 6.45) is 0.902. The zero-order valence-corrected chi connectivity index (χ0v) is 7.80. The molecule has 84 valence electrons. The molecule has 0 saturated heterocycles. The Morgan fingerprint density at radius 3 is 2.33 bits per heavy atom. The fourth-order valence-electron chi connectivity index (χ4n) is 0.439. The van der Waals surface area contributed by atoms with Gasteiger partial charge in [-0.1, -0.05) is 6.58 Å². The Morgan fingerprint density at radius 2 is 1.80 bits per heavy atom. The molecule has 0 heterocycles. The number of carbonyl (C=O) groups excluding carboxylic acids is 3. The van der Waals surface area contributed by atoms with Gasteiger partial charge in [0.15, 0.2) is 6.61 Å². The second-order valence-corrected chi connectivity index (χ2v) is 2.12. The van der Waals surface area contributed by atoms with Gasteiger partial charge in [-0.2, -0.15) is 0 Å². The minimum atomic E-state index is -0.949. The van der Waals surface area contributed by atoms with Crippen molar-refractivity contribution >= 4 is 17.9 Å². The van der Waals surface area contributed by atoms with Crippen LogP contribution in [0.2, 0.25) is 0 Å². The van der Waals surface area contributed by atoms with Crippen molar-refractivity contribution in [2.75, 3.05) is 20.0 Å². The number of aliphatic hydroxyl groups excluding tert-OH is 1. The van der Waals surface area contributed by atoms with E-state index >= 15 is 0 Å². The maximum atomic E-state index is 10.7. The van der Waals surface area contributed by atoms with Gasteiger partial charge in [0.25, 0.3) is 0 Å². The summed E-state index contributed by atoms with van der Waals surface area (Å²) in [5.41, 5.74) is 0. The fourth-order valence-corrected chi connectivity index (χ4v) is 0.439. The van der Waals surface area contributed by atoms with E-state index in [1.54, 1.807) is 0 Å². The first-order chi connectivity index (χ1) is 7.10. The second-order valence-electron chi connectivity index (χ2n) is 2.12. The Balaban J connectivity index is 3.53. The zero-order chi connectivity index (χ0) is 11.7. The average molecular weight is 218 g/mol. The first-order valence-corrected chi connectivity index (χ1v) is 3.81. The molecule has 0 radical (unpaired) electrons. The van der Waals surface area contributed by atoms with E-state index in [1.165, 1.54) is 0 Å². The largest absolute Gasteiger partial charge is 0.452 e. The summed E-state index contributed by atoms with van der Waals surface area (Å²) < 4.78 is 12.8. The van der Waals surface area contributed by atoms with Gasteiger partial charge in [0.2, 0.25) is 6.79 Å². The Hall–Kier alpha value is -1.89. The number of hydrogen-bond acceptors (Lipinski definition) is 7. The Labute approximate surface area is 85.2 Å². The molecule has 1 N–H and O–H groups in total. The third-order valence-corrected chi connectivity index (χ3v) is 1.07. The molecule has 0 aliphatic rings. The first-order valence-electron chi connectivity index (χ1n) is 3.81. The standard InChI is InChI=1S/C8H10O7/c1-2-6(10)14-5-15-8(12)4-13-7(11)3-9/h2,9H,1,3-5H2. The van der Waals surface area contributed by atoms with E-state index in [9.17, 15) is 14.4 Å². The summed E-state index contributed by atoms with van der Waals surface area (Å²) in [7, 11) is 0. The highest BCUT2D eigenvalue weighted by molar-refractivity contribution is 5.81. The first kappa shape index (κ1) is 13.1. The van der Waals surface area contributed by atoms with Gasteiger partial charge in [0.05, 0.1) is 0 Å². The van der Waals surface area contributed by atoms with Gasteiger partial charge in [-0.25, -0.2) is 14.4 Å². The van der Waals surface area contributed by atoms with Gasteiger partial charge in [0, 0.05) is 6.08 Å². The maximum Gasteiger partial charge on any atom is 0.347 e. The third-order valence-electron chi connectivity index (χ3n) is 1.07. The molecule has 0 aliphatic carbocycles. The van der Waals surface area contributed by atoms with Gasteiger partial charge in [-0.15, -0.1) is 0 Å². The molecule has 0 aliphatic heterocycles. The van der Waals surface area contributed by atoms with Crippen LogP contribution in [-0.2, 0) is 28.6 Å². The quantitative estimate of drug-likeness (QED) is 0.338. The highest BCUT2D eigenvalue weighted by atomic mass is 16.7. The molecule has 15 heavy (non-hydrogen) atoms. The minimum Gasteiger partial charge on any atom is -0.452 e. The van der Waals surface area contributed by atoms with Crippen LogP contribution in [0.15, 0.2) is 12.7 Å². The molecule has 7 nitrogen and oxygen atoms in total. The van der Waals surface area contributed by atoms with Crippen molar-refractivity contribution in [3.8, 4) is 0 Å². The predicted molar refractivity (Wildman–Crippen MR) is 45.3 cm³/mol. The summed E-state index contributed by atoms with van der Waals surface area (Å²) in [5.74, 6) is -2.58. The zero-order valence-electron chi connectivity index (χ0n) is 7.80. The number of aliphatic hydroxyl groups is 1. The molecule has 0 aromatic heterocycles. The molecule has 0 rings (SSSR count). The second kappa shape index (κ2) is 7.51. The fraction of sp³-hybridized carbons (Fsp3) is 0.375. The van der Waals surface area contributed by atoms with Crippen molar-refractivity contribution in [3.05, 3.63) is 12.7 Å². The summed E-state index contributed by atoms with van der Waals surface area (Å²) >= 11 is 0. The van der Waals surface area contributed by atoms with E-state index in [-0.39, 0.29) is 0 Å². The van der Waals surface area contributed by atoms with E-state index in [1.807, 2.05) is 0 Å². The number of rotatable bonds is 6. The Bertz CT molecular complexity index is 258. The summed E-state index contributed by atoms with van der Waals surface area (Å²) in [5, 5.41) is 8.22. The van der Waals surface area contributed by atoms with Crippen molar-refractivity contribution in [1.29, 1.82) is 0 Å². The molecular weight excluding hydrogens is 208 g/mol. The van der Waals surface area contributed by atoms with Gasteiger partial charge < -0.3 is 19.3 Å². The molecule has 7 heteroatoms. The van der Waals surface area contributed by atoms with E-state index in [2.05, 4.69) is 20.8 Å². The predicted octanol–water partition coefficient (Wildman–Crippen LogP) is -1.25. The maximum absolute atomic E-state index is 10.7. The summed E-state index contributed by atoms with van der Waals surface area (Å²) in [6.45, 7) is 1.07. The molecule has 0 amide bonds. The summed E-state index contributed by atoms with van der Waals surface area (Å²) in [4.78, 5) is 31.6. The van der Waals surface area contributed by atoms with Crippen molar-refractivity contribution < 1.29 is 33.7 Å². The molecule has 0 atom stereocenters. The topological polar surface area (TPSA) is 99.1 Å². The average Bonchev–Trinajstić information content (AvgIpc) is 2.25. The molecule has 0 unspecified atom stereocenters. The number of hydrogen-bond donors (Lipinski definition) is 1. The van der Waals surface area contributed by atoms with Gasteiger partial charge in [0.1, 0.15) is 6.61 Å². The van der Waals surface area contributed by atoms with E-state index in [0.29, 0.717) is 0 Å². The van der Waals surface area contributed by atoms with Crippen LogP contribution in [0.1, 0.15) is 0 Å². The highest BCUT2D eigenvalue weighted by Gasteiger charge is 2.07. The third kappa shape index (κ3) is 7.20. The molecule has 0 spiro atoms. The van der Waals surface area contributed by atoms with Crippen molar-refractivity contribution in [1.82, 2.24) is 0 Å². The van der Waals surface area contributed by atoms with Crippen LogP contribution < -0.4 is 0 Å². The van der Waals surface area contributed by atoms with E-state index in [4.69, 9.17) is 5.11 Å². The molecule has 0 bridgehead atoms. The van der Waals surface area contributed by atoms with Crippen LogP contribution in [0.3, 0.4) is 0 Å². The van der Waals surface area contributed by atoms with Gasteiger partial charge in [-0.05, 0) is 0 Å². The normalized spacial score (nSPS) is 8.87. The molecule has 0 fully saturated rings. The van der Waals surface area contributed by atoms with Crippen molar-refractivity contribution in [2.24, 2.45) is 0 Å². The lowest BCUT2D eigenvalue weighted by molar-refractivity contribution is -0.171. The van der Waals surface area contributed by atoms with Gasteiger partial charge >= 0.3 is 17.9 Å². The van der Waals surface area contributed by atoms with Crippen molar-refractivity contribution in [2.45, 2.75) is 0 Å². The van der Waals surface area contributed by atoms with Crippen LogP contribution in [0.25, 0.3) is 0 Å². The summed E-state index contributed by atoms with van der Waals surface area (Å²) in [6, 6.07) is 0. The molecule has 0 aromatic carbocycles. The van der Waals surface area contributed by atoms with E-state index in [0.717, 1.165) is 6.08 Å². The molecule has 0 saturated carbocycles.